The standard InChI is InChI=1S/C21H14N6O/c22-13-15-5-1-2-8-16(15)24-19-11-10-18(26-27-19)21(28)25-17-9-3-6-14-7-4-12-23-20(14)17/h1-12H,(H,24,27)(H,25,28). The summed E-state index contributed by atoms with van der Waals surface area (Å²) in [6.07, 6.45) is 1.68. The van der Waals surface area contributed by atoms with Crippen LogP contribution in [0.2, 0.25) is 0 Å². The van der Waals surface area contributed by atoms with Gasteiger partial charge in [0.05, 0.1) is 22.5 Å². The average Bonchev–Trinajstić information content (AvgIpc) is 2.75. The molecular weight excluding hydrogens is 352 g/mol. The number of aromatic nitrogens is 3. The third kappa shape index (κ3) is 3.48. The van der Waals surface area contributed by atoms with E-state index in [1.54, 1.807) is 42.6 Å². The summed E-state index contributed by atoms with van der Waals surface area (Å²) >= 11 is 0. The van der Waals surface area contributed by atoms with E-state index in [9.17, 15) is 4.79 Å². The third-order valence-electron chi connectivity index (χ3n) is 4.09. The largest absolute Gasteiger partial charge is 0.338 e. The van der Waals surface area contributed by atoms with Crippen LogP contribution in [-0.2, 0) is 0 Å². The minimum atomic E-state index is -0.380. The van der Waals surface area contributed by atoms with E-state index in [1.165, 1.54) is 0 Å². The molecule has 2 N–H and O–H groups in total. The zero-order valence-corrected chi connectivity index (χ0v) is 14.6. The molecule has 4 rings (SSSR count). The van der Waals surface area contributed by atoms with E-state index in [-0.39, 0.29) is 11.6 Å². The highest BCUT2D eigenvalue weighted by Crippen LogP contribution is 2.21. The average molecular weight is 366 g/mol. The van der Waals surface area contributed by atoms with Gasteiger partial charge in [-0.3, -0.25) is 9.78 Å². The Kier molecular flexibility index (Phi) is 4.59. The number of nitriles is 1. The Morgan fingerprint density at radius 1 is 0.893 bits per heavy atom. The van der Waals surface area contributed by atoms with Crippen LogP contribution in [0.5, 0.6) is 0 Å². The number of carbonyl (C=O) groups is 1. The van der Waals surface area contributed by atoms with Gasteiger partial charge in [-0.05, 0) is 36.4 Å². The monoisotopic (exact) mass is 366 g/mol. The smallest absolute Gasteiger partial charge is 0.276 e. The number of hydrogen-bond donors (Lipinski definition) is 2. The number of rotatable bonds is 4. The fraction of sp³-hybridized carbons (Fsp3) is 0. The predicted molar refractivity (Wildman–Crippen MR) is 106 cm³/mol. The molecule has 2 heterocycles. The molecule has 0 aliphatic carbocycles. The fourth-order valence-corrected chi connectivity index (χ4v) is 2.74. The summed E-state index contributed by atoms with van der Waals surface area (Å²) in [5, 5.41) is 23.9. The Hall–Kier alpha value is -4.31. The van der Waals surface area contributed by atoms with Crippen molar-refractivity contribution in [2.24, 2.45) is 0 Å². The maximum absolute atomic E-state index is 12.5. The summed E-state index contributed by atoms with van der Waals surface area (Å²) in [6, 6.07) is 21.7. The summed E-state index contributed by atoms with van der Waals surface area (Å²) in [5.74, 6) is 0.0562. The van der Waals surface area contributed by atoms with Crippen LogP contribution in [0.3, 0.4) is 0 Å². The Balaban J connectivity index is 1.52. The normalized spacial score (nSPS) is 10.2. The summed E-state index contributed by atoms with van der Waals surface area (Å²) in [5.41, 5.74) is 2.60. The van der Waals surface area contributed by atoms with Crippen molar-refractivity contribution in [1.82, 2.24) is 15.2 Å². The molecule has 0 spiro atoms. The Bertz CT molecular complexity index is 1190. The van der Waals surface area contributed by atoms with Crippen molar-refractivity contribution in [2.45, 2.75) is 0 Å². The summed E-state index contributed by atoms with van der Waals surface area (Å²) in [7, 11) is 0. The van der Waals surface area contributed by atoms with E-state index in [1.807, 2.05) is 30.3 Å². The van der Waals surface area contributed by atoms with Crippen molar-refractivity contribution < 1.29 is 4.79 Å². The zero-order chi connectivity index (χ0) is 19.3. The van der Waals surface area contributed by atoms with E-state index in [4.69, 9.17) is 5.26 Å². The van der Waals surface area contributed by atoms with Crippen LogP contribution in [-0.4, -0.2) is 21.1 Å². The predicted octanol–water partition coefficient (Wildman–Crippen LogP) is 3.89. The SMILES string of the molecule is N#Cc1ccccc1Nc1ccc(C(=O)Nc2cccc3cccnc23)nn1. The first-order valence-corrected chi connectivity index (χ1v) is 8.49. The number of fused-ring (bicyclic) bond motifs is 1. The minimum absolute atomic E-state index is 0.173. The molecule has 0 saturated carbocycles. The number of anilines is 3. The Morgan fingerprint density at radius 3 is 2.54 bits per heavy atom. The van der Waals surface area contributed by atoms with Gasteiger partial charge in [0.1, 0.15) is 6.07 Å². The van der Waals surface area contributed by atoms with Crippen LogP contribution in [0, 0.1) is 11.3 Å². The van der Waals surface area contributed by atoms with Gasteiger partial charge in [-0.2, -0.15) is 5.26 Å². The lowest BCUT2D eigenvalue weighted by molar-refractivity contribution is 0.102. The number of para-hydroxylation sites is 2. The minimum Gasteiger partial charge on any atom is -0.338 e. The Morgan fingerprint density at radius 2 is 1.71 bits per heavy atom. The quantitative estimate of drug-likeness (QED) is 0.568. The molecule has 0 aliphatic rings. The van der Waals surface area contributed by atoms with Gasteiger partial charge in [-0.15, -0.1) is 10.2 Å². The van der Waals surface area contributed by atoms with Crippen molar-refractivity contribution in [2.75, 3.05) is 10.6 Å². The van der Waals surface area contributed by atoms with Crippen LogP contribution in [0.25, 0.3) is 10.9 Å². The maximum Gasteiger partial charge on any atom is 0.276 e. The lowest BCUT2D eigenvalue weighted by Crippen LogP contribution is -2.15. The first-order valence-electron chi connectivity index (χ1n) is 8.49. The molecule has 0 radical (unpaired) electrons. The highest BCUT2D eigenvalue weighted by atomic mass is 16.1. The van der Waals surface area contributed by atoms with Crippen molar-refractivity contribution in [3.8, 4) is 6.07 Å². The van der Waals surface area contributed by atoms with E-state index >= 15 is 0 Å². The number of carbonyl (C=O) groups excluding carboxylic acids is 1. The molecule has 0 unspecified atom stereocenters. The second kappa shape index (κ2) is 7.51. The van der Waals surface area contributed by atoms with E-state index in [0.717, 1.165) is 5.39 Å². The molecule has 2 aromatic carbocycles. The number of nitrogens with zero attached hydrogens (tertiary/aromatic N) is 4. The van der Waals surface area contributed by atoms with Gasteiger partial charge in [-0.1, -0.05) is 30.3 Å². The molecule has 1 amide bonds. The molecule has 4 aromatic rings. The molecule has 134 valence electrons. The zero-order valence-electron chi connectivity index (χ0n) is 14.6. The van der Waals surface area contributed by atoms with Crippen molar-refractivity contribution >= 4 is 34.0 Å². The topological polar surface area (TPSA) is 104 Å². The van der Waals surface area contributed by atoms with Gasteiger partial charge in [0, 0.05) is 11.6 Å². The molecule has 7 nitrogen and oxygen atoms in total. The molecule has 0 fully saturated rings. The number of pyridine rings is 1. The maximum atomic E-state index is 12.5. The highest BCUT2D eigenvalue weighted by molar-refractivity contribution is 6.07. The van der Waals surface area contributed by atoms with E-state index < -0.39 is 0 Å². The second-order valence-corrected chi connectivity index (χ2v) is 5.92. The highest BCUT2D eigenvalue weighted by Gasteiger charge is 2.11. The summed E-state index contributed by atoms with van der Waals surface area (Å²) < 4.78 is 0. The number of nitrogens with one attached hydrogen (secondary N) is 2. The van der Waals surface area contributed by atoms with Crippen LogP contribution in [0.15, 0.2) is 72.9 Å². The van der Waals surface area contributed by atoms with Gasteiger partial charge >= 0.3 is 0 Å². The van der Waals surface area contributed by atoms with E-state index in [0.29, 0.717) is 28.3 Å². The van der Waals surface area contributed by atoms with Gasteiger partial charge in [-0.25, -0.2) is 0 Å². The number of amides is 1. The van der Waals surface area contributed by atoms with Gasteiger partial charge in [0.25, 0.3) is 5.91 Å². The molecule has 0 saturated heterocycles. The molecule has 0 atom stereocenters. The molecule has 7 heteroatoms. The lowest BCUT2D eigenvalue weighted by atomic mass is 10.2. The first kappa shape index (κ1) is 17.1. The number of benzene rings is 2. The van der Waals surface area contributed by atoms with Crippen molar-refractivity contribution in [3.63, 3.8) is 0 Å². The molecule has 0 aliphatic heterocycles. The summed E-state index contributed by atoms with van der Waals surface area (Å²) in [6.45, 7) is 0. The van der Waals surface area contributed by atoms with Crippen molar-refractivity contribution in [3.05, 3.63) is 84.2 Å². The van der Waals surface area contributed by atoms with E-state index in [2.05, 4.69) is 31.9 Å². The summed E-state index contributed by atoms with van der Waals surface area (Å²) in [4.78, 5) is 16.8. The fourth-order valence-electron chi connectivity index (χ4n) is 2.74. The first-order chi connectivity index (χ1) is 13.7. The van der Waals surface area contributed by atoms with Crippen LogP contribution >= 0.6 is 0 Å². The second-order valence-electron chi connectivity index (χ2n) is 5.92. The molecule has 2 aromatic heterocycles. The van der Waals surface area contributed by atoms with Gasteiger partial charge in [0.15, 0.2) is 11.5 Å². The van der Waals surface area contributed by atoms with Crippen LogP contribution in [0.4, 0.5) is 17.2 Å². The molecule has 0 bridgehead atoms. The molecule has 28 heavy (non-hydrogen) atoms. The molecular formula is C21H14N6O. The Labute approximate surface area is 160 Å². The van der Waals surface area contributed by atoms with Crippen LogP contribution in [0.1, 0.15) is 16.1 Å². The van der Waals surface area contributed by atoms with Gasteiger partial charge in [0.2, 0.25) is 0 Å². The van der Waals surface area contributed by atoms with Gasteiger partial charge < -0.3 is 10.6 Å². The number of hydrogen-bond acceptors (Lipinski definition) is 6. The lowest BCUT2D eigenvalue weighted by Gasteiger charge is -2.09. The third-order valence-corrected chi connectivity index (χ3v) is 4.09. The van der Waals surface area contributed by atoms with Crippen molar-refractivity contribution in [1.29, 1.82) is 5.26 Å². The van der Waals surface area contributed by atoms with Crippen LogP contribution < -0.4 is 10.6 Å².